The van der Waals surface area contributed by atoms with Gasteiger partial charge in [0.1, 0.15) is 5.54 Å². The number of methoxy groups -OCH3 is 1. The highest BCUT2D eigenvalue weighted by atomic mass is 35.5. The van der Waals surface area contributed by atoms with Crippen LogP contribution < -0.4 is 5.32 Å². The highest BCUT2D eigenvalue weighted by molar-refractivity contribution is 6.31. The van der Waals surface area contributed by atoms with Crippen molar-refractivity contribution in [3.63, 3.8) is 0 Å². The molecule has 21 heavy (non-hydrogen) atoms. The first kappa shape index (κ1) is 16.3. The van der Waals surface area contributed by atoms with Crippen LogP contribution in [-0.4, -0.2) is 35.4 Å². The van der Waals surface area contributed by atoms with Crippen LogP contribution in [0.3, 0.4) is 0 Å². The lowest BCUT2D eigenvalue weighted by molar-refractivity contribution is -0.150. The zero-order valence-electron chi connectivity index (χ0n) is 13.2. The van der Waals surface area contributed by atoms with Gasteiger partial charge < -0.3 is 10.1 Å². The minimum Gasteiger partial charge on any atom is -0.468 e. The number of ether oxygens (including phenoxy) is 1. The van der Waals surface area contributed by atoms with Crippen molar-refractivity contribution < 1.29 is 9.53 Å². The maximum absolute atomic E-state index is 12.2. The van der Waals surface area contributed by atoms with Gasteiger partial charge in [-0.15, -0.1) is 0 Å². The first-order chi connectivity index (χ1) is 9.96. The van der Waals surface area contributed by atoms with Crippen LogP contribution in [0.2, 0.25) is 5.02 Å². The van der Waals surface area contributed by atoms with E-state index in [0.717, 1.165) is 48.6 Å². The van der Waals surface area contributed by atoms with Crippen molar-refractivity contribution in [2.24, 2.45) is 5.92 Å². The van der Waals surface area contributed by atoms with Crippen LogP contribution in [0.25, 0.3) is 0 Å². The fraction of sp³-hybridized carbons (Fsp3) is 0.733. The molecule has 1 aromatic rings. The fourth-order valence-electron chi connectivity index (χ4n) is 3.52. The Kier molecular flexibility index (Phi) is 4.94. The highest BCUT2D eigenvalue weighted by Crippen LogP contribution is 2.39. The number of carbonyl (C=O) groups is 1. The van der Waals surface area contributed by atoms with E-state index in [1.807, 2.05) is 25.6 Å². The molecular weight excluding hydrogens is 290 g/mol. The van der Waals surface area contributed by atoms with E-state index < -0.39 is 5.54 Å². The molecular formula is C15H24ClN3O2. The minimum atomic E-state index is -0.547. The van der Waals surface area contributed by atoms with Crippen molar-refractivity contribution in [2.75, 3.05) is 14.2 Å². The average Bonchev–Trinajstić information content (AvgIpc) is 3.01. The monoisotopic (exact) mass is 313 g/mol. The zero-order valence-corrected chi connectivity index (χ0v) is 14.0. The van der Waals surface area contributed by atoms with Crippen LogP contribution in [0.1, 0.15) is 37.1 Å². The Labute approximate surface area is 131 Å². The summed E-state index contributed by atoms with van der Waals surface area (Å²) in [7, 11) is 3.30. The number of nitrogens with zero attached hydrogens (tertiary/aromatic N) is 2. The summed E-state index contributed by atoms with van der Waals surface area (Å²) < 4.78 is 6.95. The summed E-state index contributed by atoms with van der Waals surface area (Å²) in [5.74, 6) is 0.108. The largest absolute Gasteiger partial charge is 0.468 e. The fourth-order valence-corrected chi connectivity index (χ4v) is 3.66. The summed E-state index contributed by atoms with van der Waals surface area (Å²) in [5.41, 5.74) is 1.29. The number of esters is 1. The first-order valence-electron chi connectivity index (χ1n) is 7.43. The molecule has 0 bridgehead atoms. The summed E-state index contributed by atoms with van der Waals surface area (Å²) in [6, 6.07) is 0. The van der Waals surface area contributed by atoms with E-state index in [4.69, 9.17) is 16.3 Å². The van der Waals surface area contributed by atoms with Gasteiger partial charge in [-0.2, -0.15) is 5.10 Å². The Morgan fingerprint density at radius 1 is 1.57 bits per heavy atom. The molecule has 2 unspecified atom stereocenters. The third-order valence-corrected chi connectivity index (χ3v) is 5.35. The normalized spacial score (nSPS) is 25.3. The van der Waals surface area contributed by atoms with Crippen LogP contribution in [-0.2, 0) is 16.1 Å². The molecule has 1 heterocycles. The number of nitrogens with one attached hydrogen (secondary N) is 1. The van der Waals surface area contributed by atoms with Gasteiger partial charge in [-0.3, -0.25) is 9.48 Å². The lowest BCUT2D eigenvalue weighted by atomic mass is 9.84. The van der Waals surface area contributed by atoms with Gasteiger partial charge in [-0.05, 0) is 46.1 Å². The molecule has 1 N–H and O–H groups in total. The Morgan fingerprint density at radius 2 is 2.29 bits per heavy atom. The Bertz CT molecular complexity index is 529. The van der Waals surface area contributed by atoms with Gasteiger partial charge >= 0.3 is 5.97 Å². The standard InChI is InChI=1S/C15H24ClN3O2/c1-10-13(16)11(2)19(18-10)9-7-12-6-5-8-15(12,17-3)14(20)21-4/h12,17H,5-9H2,1-4H3. The maximum atomic E-state index is 12.2. The number of carbonyl (C=O) groups excluding carboxylic acids is 1. The second kappa shape index (κ2) is 6.36. The van der Waals surface area contributed by atoms with Gasteiger partial charge in [0.2, 0.25) is 0 Å². The lowest BCUT2D eigenvalue weighted by Crippen LogP contribution is -2.54. The molecule has 2 rings (SSSR count). The quantitative estimate of drug-likeness (QED) is 0.849. The van der Waals surface area contributed by atoms with Gasteiger partial charge in [-0.1, -0.05) is 18.0 Å². The van der Waals surface area contributed by atoms with E-state index >= 15 is 0 Å². The van der Waals surface area contributed by atoms with E-state index in [2.05, 4.69) is 10.4 Å². The number of aromatic nitrogens is 2. The van der Waals surface area contributed by atoms with Crippen molar-refractivity contribution in [3.8, 4) is 0 Å². The average molecular weight is 314 g/mol. The van der Waals surface area contributed by atoms with Crippen LogP contribution in [0.5, 0.6) is 0 Å². The third kappa shape index (κ3) is 2.81. The van der Waals surface area contributed by atoms with Crippen molar-refractivity contribution in [1.29, 1.82) is 0 Å². The molecule has 0 amide bonds. The second-order valence-electron chi connectivity index (χ2n) is 5.80. The van der Waals surface area contributed by atoms with Gasteiger partial charge in [-0.25, -0.2) is 0 Å². The molecule has 118 valence electrons. The first-order valence-corrected chi connectivity index (χ1v) is 7.81. The molecule has 0 aliphatic heterocycles. The molecule has 1 aliphatic carbocycles. The molecule has 0 saturated heterocycles. The van der Waals surface area contributed by atoms with Gasteiger partial charge in [0.05, 0.1) is 23.5 Å². The SMILES string of the molecule is CNC1(C(=O)OC)CCCC1CCn1nc(C)c(Cl)c1C. The molecule has 1 fully saturated rings. The van der Waals surface area contributed by atoms with Gasteiger partial charge in [0.15, 0.2) is 0 Å². The molecule has 1 aliphatic rings. The maximum Gasteiger partial charge on any atom is 0.326 e. The number of likely N-dealkylation sites (N-methyl/N-ethyl adjacent to an activating group) is 1. The minimum absolute atomic E-state index is 0.154. The highest BCUT2D eigenvalue weighted by Gasteiger charge is 2.48. The molecule has 5 nitrogen and oxygen atoms in total. The summed E-state index contributed by atoms with van der Waals surface area (Å²) in [5, 5.41) is 8.40. The predicted octanol–water partition coefficient (Wildman–Crippen LogP) is 2.47. The zero-order chi connectivity index (χ0) is 15.6. The van der Waals surface area contributed by atoms with Crippen LogP contribution in [0.15, 0.2) is 0 Å². The van der Waals surface area contributed by atoms with E-state index in [-0.39, 0.29) is 11.9 Å². The van der Waals surface area contributed by atoms with E-state index in [1.165, 1.54) is 7.11 Å². The molecule has 0 spiro atoms. The summed E-state index contributed by atoms with van der Waals surface area (Å²) in [6.07, 6.45) is 3.79. The summed E-state index contributed by atoms with van der Waals surface area (Å²) >= 11 is 6.18. The second-order valence-corrected chi connectivity index (χ2v) is 6.18. The number of halogens is 1. The van der Waals surface area contributed by atoms with Crippen LogP contribution >= 0.6 is 11.6 Å². The number of rotatable bonds is 5. The Morgan fingerprint density at radius 3 is 2.81 bits per heavy atom. The summed E-state index contributed by atoms with van der Waals surface area (Å²) in [6.45, 7) is 4.65. The van der Waals surface area contributed by atoms with E-state index in [9.17, 15) is 4.79 Å². The summed E-state index contributed by atoms with van der Waals surface area (Å²) in [4.78, 5) is 12.2. The van der Waals surface area contributed by atoms with Crippen molar-refractivity contribution in [1.82, 2.24) is 15.1 Å². The van der Waals surface area contributed by atoms with Crippen LogP contribution in [0.4, 0.5) is 0 Å². The number of hydrogen-bond donors (Lipinski definition) is 1. The van der Waals surface area contributed by atoms with Gasteiger partial charge in [0, 0.05) is 6.54 Å². The third-order valence-electron chi connectivity index (χ3n) is 4.80. The van der Waals surface area contributed by atoms with Crippen molar-refractivity contribution in [2.45, 2.75) is 51.6 Å². The predicted molar refractivity (Wildman–Crippen MR) is 82.5 cm³/mol. The number of aryl methyl sites for hydroxylation is 2. The smallest absolute Gasteiger partial charge is 0.326 e. The number of hydrogen-bond acceptors (Lipinski definition) is 4. The lowest BCUT2D eigenvalue weighted by Gasteiger charge is -2.32. The molecule has 0 radical (unpaired) electrons. The van der Waals surface area contributed by atoms with E-state index in [0.29, 0.717) is 0 Å². The van der Waals surface area contributed by atoms with Gasteiger partial charge in [0.25, 0.3) is 0 Å². The Hall–Kier alpha value is -1.07. The van der Waals surface area contributed by atoms with Crippen LogP contribution in [0, 0.1) is 19.8 Å². The molecule has 0 aromatic carbocycles. The topological polar surface area (TPSA) is 56.1 Å². The Balaban J connectivity index is 2.11. The van der Waals surface area contributed by atoms with Crippen molar-refractivity contribution >= 4 is 17.6 Å². The van der Waals surface area contributed by atoms with E-state index in [1.54, 1.807) is 0 Å². The van der Waals surface area contributed by atoms with Crippen molar-refractivity contribution in [3.05, 3.63) is 16.4 Å². The molecule has 1 saturated carbocycles. The molecule has 1 aromatic heterocycles. The molecule has 6 heteroatoms. The molecule has 2 atom stereocenters.